The Bertz CT molecular complexity index is 514. The molecule has 3 rings (SSSR count). The van der Waals surface area contributed by atoms with Crippen molar-refractivity contribution in [3.63, 3.8) is 0 Å². The van der Waals surface area contributed by atoms with Crippen molar-refractivity contribution < 1.29 is 14.3 Å². The molecule has 1 aliphatic heterocycles. The fourth-order valence-electron chi connectivity index (χ4n) is 2.39. The molecule has 4 nitrogen and oxygen atoms in total. The Hall–Kier alpha value is -1.42. The first-order valence-electron chi connectivity index (χ1n) is 7.10. The molecule has 0 spiro atoms. The highest BCUT2D eigenvalue weighted by molar-refractivity contribution is 6.32. The smallest absolute Gasteiger partial charge is 0.223 e. The number of amides is 1. The third-order valence-electron chi connectivity index (χ3n) is 3.80. The normalized spacial score (nSPS) is 18.1. The van der Waals surface area contributed by atoms with Gasteiger partial charge in [0.1, 0.15) is 0 Å². The highest BCUT2D eigenvalue weighted by Gasteiger charge is 2.25. The molecule has 0 atom stereocenters. The average Bonchev–Trinajstić information content (AvgIpc) is 2.60. The van der Waals surface area contributed by atoms with Crippen LogP contribution in [-0.4, -0.2) is 19.1 Å². The number of benzene rings is 1. The molecule has 0 unspecified atom stereocenters. The Labute approximate surface area is 123 Å². The van der Waals surface area contributed by atoms with Crippen molar-refractivity contribution in [1.29, 1.82) is 0 Å². The predicted molar refractivity (Wildman–Crippen MR) is 76.2 cm³/mol. The van der Waals surface area contributed by atoms with Gasteiger partial charge in [-0.2, -0.15) is 0 Å². The molecule has 2 aliphatic rings. The molecule has 20 heavy (non-hydrogen) atoms. The fraction of sp³-hybridized carbons (Fsp3) is 0.533. The van der Waals surface area contributed by atoms with Gasteiger partial charge >= 0.3 is 0 Å². The van der Waals surface area contributed by atoms with Crippen LogP contribution < -0.4 is 14.8 Å². The van der Waals surface area contributed by atoms with Crippen LogP contribution in [0.4, 0.5) is 0 Å². The Morgan fingerprint density at radius 3 is 2.80 bits per heavy atom. The van der Waals surface area contributed by atoms with Crippen LogP contribution in [0.5, 0.6) is 11.5 Å². The summed E-state index contributed by atoms with van der Waals surface area (Å²) in [6, 6.07) is 3.73. The van der Waals surface area contributed by atoms with E-state index in [1.165, 1.54) is 0 Å². The van der Waals surface area contributed by atoms with Crippen molar-refractivity contribution >= 4 is 17.5 Å². The van der Waals surface area contributed by atoms with Crippen molar-refractivity contribution in [2.24, 2.45) is 5.92 Å². The first-order chi connectivity index (χ1) is 9.74. The number of carbonyl (C=O) groups is 1. The highest BCUT2D eigenvalue weighted by Crippen LogP contribution is 2.38. The van der Waals surface area contributed by atoms with E-state index in [0.29, 0.717) is 36.3 Å². The highest BCUT2D eigenvalue weighted by atomic mass is 35.5. The number of hydrogen-bond acceptors (Lipinski definition) is 3. The van der Waals surface area contributed by atoms with E-state index in [-0.39, 0.29) is 11.8 Å². The van der Waals surface area contributed by atoms with E-state index in [4.69, 9.17) is 21.1 Å². The maximum Gasteiger partial charge on any atom is 0.223 e. The molecule has 1 fully saturated rings. The number of halogens is 1. The van der Waals surface area contributed by atoms with Crippen LogP contribution in [0.15, 0.2) is 12.1 Å². The van der Waals surface area contributed by atoms with Crippen LogP contribution >= 0.6 is 11.6 Å². The first kappa shape index (κ1) is 13.6. The van der Waals surface area contributed by atoms with Crippen LogP contribution in [0.1, 0.15) is 31.2 Å². The van der Waals surface area contributed by atoms with Gasteiger partial charge in [0.25, 0.3) is 0 Å². The van der Waals surface area contributed by atoms with Gasteiger partial charge in [-0.1, -0.05) is 18.0 Å². The topological polar surface area (TPSA) is 47.6 Å². The fourth-order valence-corrected chi connectivity index (χ4v) is 2.68. The summed E-state index contributed by atoms with van der Waals surface area (Å²) in [5.41, 5.74) is 0.937. The lowest BCUT2D eigenvalue weighted by atomic mass is 9.85. The lowest BCUT2D eigenvalue weighted by molar-refractivity contribution is -0.127. The SMILES string of the molecule is O=C(NCc1cc(Cl)c2c(c1)OCCCO2)C1CCC1. The van der Waals surface area contributed by atoms with Crippen LogP contribution in [0.3, 0.4) is 0 Å². The van der Waals surface area contributed by atoms with Crippen molar-refractivity contribution in [3.8, 4) is 11.5 Å². The van der Waals surface area contributed by atoms with Crippen LogP contribution in [0.25, 0.3) is 0 Å². The summed E-state index contributed by atoms with van der Waals surface area (Å²) in [5.74, 6) is 1.62. The molecule has 1 heterocycles. The minimum absolute atomic E-state index is 0.138. The summed E-state index contributed by atoms with van der Waals surface area (Å²) in [5, 5.41) is 3.50. The Kier molecular flexibility index (Phi) is 4.01. The molecule has 1 aromatic rings. The summed E-state index contributed by atoms with van der Waals surface area (Å²) < 4.78 is 11.2. The molecule has 1 saturated carbocycles. The second-order valence-corrected chi connectivity index (χ2v) is 5.71. The lowest BCUT2D eigenvalue weighted by Gasteiger charge is -2.24. The van der Waals surface area contributed by atoms with Gasteiger partial charge in [-0.15, -0.1) is 0 Å². The van der Waals surface area contributed by atoms with Crippen LogP contribution in [0.2, 0.25) is 5.02 Å². The molecule has 1 aliphatic carbocycles. The van der Waals surface area contributed by atoms with Crippen molar-refractivity contribution in [3.05, 3.63) is 22.7 Å². The van der Waals surface area contributed by atoms with Gasteiger partial charge in [0, 0.05) is 18.9 Å². The molecule has 0 bridgehead atoms. The largest absolute Gasteiger partial charge is 0.489 e. The van der Waals surface area contributed by atoms with E-state index in [1.54, 1.807) is 0 Å². The van der Waals surface area contributed by atoms with Gasteiger partial charge in [0.2, 0.25) is 5.91 Å². The summed E-state index contributed by atoms with van der Waals surface area (Å²) in [4.78, 5) is 11.8. The third kappa shape index (κ3) is 2.85. The maximum absolute atomic E-state index is 11.8. The number of fused-ring (bicyclic) bond motifs is 1. The Balaban J connectivity index is 1.68. The molecule has 0 aromatic heterocycles. The van der Waals surface area contributed by atoms with Crippen LogP contribution in [-0.2, 0) is 11.3 Å². The Morgan fingerprint density at radius 1 is 1.25 bits per heavy atom. The van der Waals surface area contributed by atoms with E-state index < -0.39 is 0 Å². The van der Waals surface area contributed by atoms with Crippen molar-refractivity contribution in [2.45, 2.75) is 32.2 Å². The van der Waals surface area contributed by atoms with E-state index in [2.05, 4.69) is 5.32 Å². The number of carbonyl (C=O) groups excluding carboxylic acids is 1. The molecule has 5 heteroatoms. The summed E-state index contributed by atoms with van der Waals surface area (Å²) in [6.45, 7) is 1.72. The zero-order valence-corrected chi connectivity index (χ0v) is 12.0. The molecule has 108 valence electrons. The molecular weight excluding hydrogens is 278 g/mol. The van der Waals surface area contributed by atoms with Gasteiger partial charge in [-0.05, 0) is 30.5 Å². The zero-order chi connectivity index (χ0) is 13.9. The van der Waals surface area contributed by atoms with Gasteiger partial charge in [-0.3, -0.25) is 4.79 Å². The summed E-state index contributed by atoms with van der Waals surface area (Å²) in [7, 11) is 0. The standard InChI is InChI=1S/C15H18ClNO3/c16-12-7-10(9-17-15(18)11-3-1-4-11)8-13-14(12)20-6-2-5-19-13/h7-8,11H,1-6,9H2,(H,17,18). The van der Waals surface area contributed by atoms with Gasteiger partial charge in [-0.25, -0.2) is 0 Å². The summed E-state index contributed by atoms with van der Waals surface area (Å²) in [6.07, 6.45) is 4.02. The second-order valence-electron chi connectivity index (χ2n) is 5.30. The van der Waals surface area contributed by atoms with Crippen LogP contribution in [0, 0.1) is 5.92 Å². The maximum atomic E-state index is 11.8. The Morgan fingerprint density at radius 2 is 2.05 bits per heavy atom. The lowest BCUT2D eigenvalue weighted by Crippen LogP contribution is -2.33. The molecular formula is C15H18ClNO3. The minimum Gasteiger partial charge on any atom is -0.489 e. The van der Waals surface area contributed by atoms with Gasteiger partial charge < -0.3 is 14.8 Å². The molecule has 0 radical (unpaired) electrons. The monoisotopic (exact) mass is 295 g/mol. The van der Waals surface area contributed by atoms with Crippen molar-refractivity contribution in [2.75, 3.05) is 13.2 Å². The minimum atomic E-state index is 0.138. The molecule has 0 saturated heterocycles. The molecule has 1 aromatic carbocycles. The predicted octanol–water partition coefficient (Wildman–Crippen LogP) is 2.92. The van der Waals surface area contributed by atoms with Gasteiger partial charge in [0.15, 0.2) is 11.5 Å². The molecule has 1 amide bonds. The second kappa shape index (κ2) is 5.92. The number of ether oxygens (including phenoxy) is 2. The van der Waals surface area contributed by atoms with E-state index in [0.717, 1.165) is 31.2 Å². The number of nitrogens with one attached hydrogen (secondary N) is 1. The first-order valence-corrected chi connectivity index (χ1v) is 7.47. The summed E-state index contributed by atoms with van der Waals surface area (Å²) >= 11 is 6.22. The number of rotatable bonds is 3. The van der Waals surface area contributed by atoms with Gasteiger partial charge in [0.05, 0.1) is 18.2 Å². The quantitative estimate of drug-likeness (QED) is 0.933. The van der Waals surface area contributed by atoms with E-state index in [9.17, 15) is 4.79 Å². The van der Waals surface area contributed by atoms with Crippen molar-refractivity contribution in [1.82, 2.24) is 5.32 Å². The zero-order valence-electron chi connectivity index (χ0n) is 11.3. The average molecular weight is 296 g/mol. The molecule has 1 N–H and O–H groups in total. The van der Waals surface area contributed by atoms with E-state index >= 15 is 0 Å². The number of hydrogen-bond donors (Lipinski definition) is 1. The third-order valence-corrected chi connectivity index (χ3v) is 4.09. The van der Waals surface area contributed by atoms with E-state index in [1.807, 2.05) is 12.1 Å².